The summed E-state index contributed by atoms with van der Waals surface area (Å²) >= 11 is 1.52. The van der Waals surface area contributed by atoms with E-state index in [1.54, 1.807) is 0 Å². The number of carbonyl (C=O) groups excluding carboxylic acids is 2. The minimum absolute atomic E-state index is 0.0645. The van der Waals surface area contributed by atoms with Gasteiger partial charge in [0, 0.05) is 29.3 Å². The smallest absolute Gasteiger partial charge is 0.269 e. The van der Waals surface area contributed by atoms with Crippen LogP contribution in [0.2, 0.25) is 0 Å². The van der Waals surface area contributed by atoms with Crippen molar-refractivity contribution >= 4 is 23.2 Å². The SMILES string of the molecule is O=C(CCc1nc(-c2ccsc2)no1)NNC(=O)c1ccc(F)cc1. The molecule has 3 rings (SSSR count). The van der Waals surface area contributed by atoms with Gasteiger partial charge in [0.15, 0.2) is 0 Å². The number of amides is 2. The van der Waals surface area contributed by atoms with Gasteiger partial charge < -0.3 is 4.52 Å². The first-order chi connectivity index (χ1) is 12.1. The molecule has 25 heavy (non-hydrogen) atoms. The molecule has 128 valence electrons. The molecule has 2 N–H and O–H groups in total. The van der Waals surface area contributed by atoms with E-state index in [1.165, 1.54) is 23.5 Å². The Morgan fingerprint density at radius 3 is 2.68 bits per heavy atom. The molecule has 0 bridgehead atoms. The molecule has 0 saturated heterocycles. The van der Waals surface area contributed by atoms with E-state index in [0.717, 1.165) is 17.7 Å². The molecule has 0 radical (unpaired) electrons. The summed E-state index contributed by atoms with van der Waals surface area (Å²) in [7, 11) is 0. The fourth-order valence-electron chi connectivity index (χ4n) is 1.95. The number of halogens is 1. The molecule has 2 amide bonds. The molecular formula is C16H13FN4O3S. The zero-order chi connectivity index (χ0) is 17.6. The normalized spacial score (nSPS) is 10.4. The minimum atomic E-state index is -0.536. The van der Waals surface area contributed by atoms with Gasteiger partial charge in [0.25, 0.3) is 5.91 Å². The Hall–Kier alpha value is -3.07. The van der Waals surface area contributed by atoms with Crippen LogP contribution in [0.25, 0.3) is 11.4 Å². The fraction of sp³-hybridized carbons (Fsp3) is 0.125. The van der Waals surface area contributed by atoms with Gasteiger partial charge in [-0.25, -0.2) is 4.39 Å². The van der Waals surface area contributed by atoms with E-state index in [0.29, 0.717) is 11.7 Å². The Bertz CT molecular complexity index is 862. The van der Waals surface area contributed by atoms with Crippen LogP contribution >= 0.6 is 11.3 Å². The maximum absolute atomic E-state index is 12.8. The zero-order valence-electron chi connectivity index (χ0n) is 12.9. The van der Waals surface area contributed by atoms with Crippen molar-refractivity contribution in [2.75, 3.05) is 0 Å². The third-order valence-electron chi connectivity index (χ3n) is 3.24. The van der Waals surface area contributed by atoms with Gasteiger partial charge >= 0.3 is 0 Å². The summed E-state index contributed by atoms with van der Waals surface area (Å²) < 4.78 is 17.9. The lowest BCUT2D eigenvalue weighted by Gasteiger charge is -2.06. The van der Waals surface area contributed by atoms with E-state index in [2.05, 4.69) is 21.0 Å². The molecule has 7 nitrogen and oxygen atoms in total. The maximum Gasteiger partial charge on any atom is 0.269 e. The molecule has 2 aromatic heterocycles. The van der Waals surface area contributed by atoms with E-state index in [1.807, 2.05) is 16.8 Å². The van der Waals surface area contributed by atoms with E-state index in [-0.39, 0.29) is 18.4 Å². The van der Waals surface area contributed by atoms with Gasteiger partial charge in [-0.2, -0.15) is 16.3 Å². The number of thiophene rings is 1. The lowest BCUT2D eigenvalue weighted by atomic mass is 10.2. The van der Waals surface area contributed by atoms with Gasteiger partial charge in [0.2, 0.25) is 17.6 Å². The first-order valence-electron chi connectivity index (χ1n) is 7.32. The number of nitrogens with one attached hydrogen (secondary N) is 2. The summed E-state index contributed by atoms with van der Waals surface area (Å²) in [5.41, 5.74) is 5.63. The van der Waals surface area contributed by atoms with E-state index < -0.39 is 17.6 Å². The molecule has 0 atom stereocenters. The van der Waals surface area contributed by atoms with Crippen molar-refractivity contribution in [3.05, 3.63) is 58.4 Å². The lowest BCUT2D eigenvalue weighted by Crippen LogP contribution is -2.41. The molecular weight excluding hydrogens is 347 g/mol. The number of nitrogens with zero attached hydrogens (tertiary/aromatic N) is 2. The molecule has 0 unspecified atom stereocenters. The molecule has 0 aliphatic carbocycles. The molecule has 0 saturated carbocycles. The molecule has 3 aromatic rings. The molecule has 2 heterocycles. The summed E-state index contributed by atoms with van der Waals surface area (Å²) in [5.74, 6) is -0.582. The monoisotopic (exact) mass is 360 g/mol. The van der Waals surface area contributed by atoms with Crippen LogP contribution in [-0.4, -0.2) is 22.0 Å². The van der Waals surface area contributed by atoms with Crippen LogP contribution in [0.3, 0.4) is 0 Å². The summed E-state index contributed by atoms with van der Waals surface area (Å²) in [6, 6.07) is 6.84. The first-order valence-corrected chi connectivity index (χ1v) is 8.26. The van der Waals surface area contributed by atoms with E-state index in [4.69, 9.17) is 4.52 Å². The van der Waals surface area contributed by atoms with Crippen LogP contribution in [0.4, 0.5) is 4.39 Å². The predicted octanol–water partition coefficient (Wildman–Crippen LogP) is 2.33. The van der Waals surface area contributed by atoms with Gasteiger partial charge in [0.1, 0.15) is 5.82 Å². The predicted molar refractivity (Wildman–Crippen MR) is 87.9 cm³/mol. The van der Waals surface area contributed by atoms with Gasteiger partial charge in [-0.3, -0.25) is 20.4 Å². The van der Waals surface area contributed by atoms with Crippen molar-refractivity contribution in [2.24, 2.45) is 0 Å². The van der Waals surface area contributed by atoms with Crippen molar-refractivity contribution in [3.8, 4) is 11.4 Å². The van der Waals surface area contributed by atoms with Crippen molar-refractivity contribution < 1.29 is 18.5 Å². The molecule has 0 spiro atoms. The fourth-order valence-corrected chi connectivity index (χ4v) is 2.58. The molecule has 1 aromatic carbocycles. The summed E-state index contributed by atoms with van der Waals surface area (Å²) in [5, 5.41) is 7.65. The third kappa shape index (κ3) is 4.48. The standard InChI is InChI=1S/C16H13FN4O3S/c17-12-3-1-10(2-4-12)16(23)20-19-13(22)5-6-14-18-15(21-24-14)11-7-8-25-9-11/h1-4,7-9H,5-6H2,(H,19,22)(H,20,23). The highest BCUT2D eigenvalue weighted by Crippen LogP contribution is 2.18. The maximum atomic E-state index is 12.8. The highest BCUT2D eigenvalue weighted by Gasteiger charge is 2.12. The van der Waals surface area contributed by atoms with Crippen LogP contribution in [0, 0.1) is 5.82 Å². The van der Waals surface area contributed by atoms with E-state index in [9.17, 15) is 14.0 Å². The van der Waals surface area contributed by atoms with Gasteiger partial charge in [-0.15, -0.1) is 0 Å². The number of hydrazine groups is 1. The number of carbonyl (C=O) groups is 2. The van der Waals surface area contributed by atoms with Gasteiger partial charge in [0.05, 0.1) is 0 Å². The highest BCUT2D eigenvalue weighted by atomic mass is 32.1. The average Bonchev–Trinajstić information content (AvgIpc) is 3.29. The molecule has 0 aliphatic rings. The third-order valence-corrected chi connectivity index (χ3v) is 3.92. The van der Waals surface area contributed by atoms with Crippen LogP contribution in [-0.2, 0) is 11.2 Å². The van der Waals surface area contributed by atoms with Crippen molar-refractivity contribution in [3.63, 3.8) is 0 Å². The number of hydrogen-bond donors (Lipinski definition) is 2. The van der Waals surface area contributed by atoms with Crippen LogP contribution < -0.4 is 10.9 Å². The van der Waals surface area contributed by atoms with Crippen molar-refractivity contribution in [1.82, 2.24) is 21.0 Å². The van der Waals surface area contributed by atoms with Crippen LogP contribution in [0.15, 0.2) is 45.6 Å². The average molecular weight is 360 g/mol. The summed E-state index contributed by atoms with van der Waals surface area (Å²) in [6.45, 7) is 0. The molecule has 0 aliphatic heterocycles. The zero-order valence-corrected chi connectivity index (χ0v) is 13.7. The number of hydrogen-bond acceptors (Lipinski definition) is 6. The van der Waals surface area contributed by atoms with Crippen molar-refractivity contribution in [2.45, 2.75) is 12.8 Å². The van der Waals surface area contributed by atoms with Gasteiger partial charge in [-0.1, -0.05) is 5.16 Å². The quantitative estimate of drug-likeness (QED) is 0.681. The van der Waals surface area contributed by atoms with Crippen LogP contribution in [0.5, 0.6) is 0 Å². The molecule has 9 heteroatoms. The lowest BCUT2D eigenvalue weighted by molar-refractivity contribution is -0.121. The highest BCUT2D eigenvalue weighted by molar-refractivity contribution is 7.08. The van der Waals surface area contributed by atoms with E-state index >= 15 is 0 Å². The minimum Gasteiger partial charge on any atom is -0.339 e. The Kier molecular flexibility index (Phi) is 5.14. The molecule has 0 fully saturated rings. The second-order valence-electron chi connectivity index (χ2n) is 5.03. The largest absolute Gasteiger partial charge is 0.339 e. The van der Waals surface area contributed by atoms with Crippen LogP contribution in [0.1, 0.15) is 22.7 Å². The Labute approximate surface area is 145 Å². The summed E-state index contributed by atoms with van der Waals surface area (Å²) in [6.07, 6.45) is 0.310. The Morgan fingerprint density at radius 2 is 1.96 bits per heavy atom. The summed E-state index contributed by atoms with van der Waals surface area (Å²) in [4.78, 5) is 27.8. The second kappa shape index (κ2) is 7.67. The number of benzene rings is 1. The first kappa shape index (κ1) is 16.8. The topological polar surface area (TPSA) is 97.1 Å². The van der Waals surface area contributed by atoms with Crippen molar-refractivity contribution in [1.29, 1.82) is 0 Å². The second-order valence-corrected chi connectivity index (χ2v) is 5.81. The Morgan fingerprint density at radius 1 is 1.16 bits per heavy atom. The van der Waals surface area contributed by atoms with Gasteiger partial charge in [-0.05, 0) is 35.7 Å². The number of rotatable bonds is 5. The Balaban J connectivity index is 1.45. The number of aromatic nitrogens is 2. The number of aryl methyl sites for hydroxylation is 1.